The van der Waals surface area contributed by atoms with Gasteiger partial charge in [-0.05, 0) is 42.5 Å². The Morgan fingerprint density at radius 2 is 1.62 bits per heavy atom. The topological polar surface area (TPSA) is 55.4 Å². The van der Waals surface area contributed by atoms with Gasteiger partial charge in [-0.2, -0.15) is 22.0 Å². The van der Waals surface area contributed by atoms with Crippen LogP contribution in [-0.2, 0) is 16.2 Å². The maximum atomic E-state index is 12.6. The summed E-state index contributed by atoms with van der Waals surface area (Å²) in [6, 6.07) is 7.69. The van der Waals surface area contributed by atoms with Crippen molar-refractivity contribution in [2.24, 2.45) is 0 Å². The fourth-order valence-electron chi connectivity index (χ4n) is 1.76. The fourth-order valence-corrected chi connectivity index (χ4v) is 2.86. The molecule has 10 heteroatoms. The Balaban J connectivity index is 2.22. The van der Waals surface area contributed by atoms with Crippen LogP contribution in [0.3, 0.4) is 0 Å². The van der Waals surface area contributed by atoms with Crippen molar-refractivity contribution in [1.82, 2.24) is 0 Å². The molecule has 0 heterocycles. The Morgan fingerprint density at radius 1 is 1.00 bits per heavy atom. The van der Waals surface area contributed by atoms with Gasteiger partial charge >= 0.3 is 12.8 Å². The zero-order valence-electron chi connectivity index (χ0n) is 11.7. The van der Waals surface area contributed by atoms with Gasteiger partial charge in [-0.1, -0.05) is 6.07 Å². The van der Waals surface area contributed by atoms with Crippen LogP contribution in [0.15, 0.2) is 53.4 Å². The van der Waals surface area contributed by atoms with E-state index in [1.807, 2.05) is 0 Å². The number of halogens is 5. The molecule has 1 N–H and O–H groups in total. The van der Waals surface area contributed by atoms with Crippen LogP contribution in [0.1, 0.15) is 5.56 Å². The van der Waals surface area contributed by atoms with Crippen molar-refractivity contribution in [3.63, 3.8) is 0 Å². The van der Waals surface area contributed by atoms with E-state index in [0.29, 0.717) is 6.07 Å². The summed E-state index contributed by atoms with van der Waals surface area (Å²) in [6.07, 6.45) is -4.68. The number of anilines is 1. The Labute approximate surface area is 133 Å². The van der Waals surface area contributed by atoms with E-state index in [1.165, 1.54) is 0 Å². The van der Waals surface area contributed by atoms with Gasteiger partial charge in [0.25, 0.3) is 10.0 Å². The first-order chi connectivity index (χ1) is 11.1. The van der Waals surface area contributed by atoms with Gasteiger partial charge in [0.2, 0.25) is 0 Å². The molecule has 24 heavy (non-hydrogen) atoms. The summed E-state index contributed by atoms with van der Waals surface area (Å²) in [5.41, 5.74) is -1.12. The van der Waals surface area contributed by atoms with Crippen LogP contribution in [0, 0.1) is 0 Å². The first kappa shape index (κ1) is 18.0. The van der Waals surface area contributed by atoms with E-state index in [-0.39, 0.29) is 11.4 Å². The zero-order chi connectivity index (χ0) is 18.0. The van der Waals surface area contributed by atoms with Gasteiger partial charge in [0, 0.05) is 5.69 Å². The predicted octanol–water partition coefficient (Wildman–Crippen LogP) is 4.11. The van der Waals surface area contributed by atoms with Crippen molar-refractivity contribution in [2.45, 2.75) is 17.7 Å². The highest BCUT2D eigenvalue weighted by molar-refractivity contribution is 7.92. The molecular formula is C14H10F5NO3S. The third kappa shape index (κ3) is 4.57. The summed E-state index contributed by atoms with van der Waals surface area (Å²) in [7, 11) is -4.27. The molecule has 0 aromatic heterocycles. The zero-order valence-corrected chi connectivity index (χ0v) is 12.5. The van der Waals surface area contributed by atoms with Gasteiger partial charge in [-0.15, -0.1) is 0 Å². The van der Waals surface area contributed by atoms with Crippen LogP contribution >= 0.6 is 0 Å². The highest BCUT2D eigenvalue weighted by Gasteiger charge is 2.31. The maximum Gasteiger partial charge on any atom is 0.416 e. The van der Waals surface area contributed by atoms with Crippen LogP contribution in [0.2, 0.25) is 0 Å². The first-order valence-electron chi connectivity index (χ1n) is 6.33. The fraction of sp³-hybridized carbons (Fsp3) is 0.143. The Bertz CT molecular complexity index is 804. The van der Waals surface area contributed by atoms with Gasteiger partial charge in [0.1, 0.15) is 5.75 Å². The summed E-state index contributed by atoms with van der Waals surface area (Å²) in [5, 5.41) is 0. The highest BCUT2D eigenvalue weighted by atomic mass is 32.2. The van der Waals surface area contributed by atoms with Crippen molar-refractivity contribution in [3.05, 3.63) is 54.1 Å². The average Bonchev–Trinajstić information content (AvgIpc) is 2.48. The molecule has 2 aromatic carbocycles. The summed E-state index contributed by atoms with van der Waals surface area (Å²) >= 11 is 0. The lowest BCUT2D eigenvalue weighted by Crippen LogP contribution is -2.14. The number of nitrogens with one attached hydrogen (secondary N) is 1. The third-order valence-electron chi connectivity index (χ3n) is 2.80. The maximum absolute atomic E-state index is 12.6. The molecule has 2 aromatic rings. The lowest BCUT2D eigenvalue weighted by atomic mass is 10.2. The van der Waals surface area contributed by atoms with Gasteiger partial charge in [0.15, 0.2) is 0 Å². The van der Waals surface area contributed by atoms with E-state index in [0.717, 1.165) is 42.5 Å². The smallest absolute Gasteiger partial charge is 0.416 e. The normalized spacial score (nSPS) is 12.2. The number of sulfonamides is 1. The van der Waals surface area contributed by atoms with Gasteiger partial charge in [-0.25, -0.2) is 8.42 Å². The first-order valence-corrected chi connectivity index (χ1v) is 7.81. The third-order valence-corrected chi connectivity index (χ3v) is 4.18. The molecule has 0 aliphatic carbocycles. The molecule has 0 fully saturated rings. The molecule has 0 atom stereocenters. The summed E-state index contributed by atoms with van der Waals surface area (Å²) in [5.74, 6) is -0.188. The molecule has 0 aliphatic heterocycles. The second kappa shape index (κ2) is 6.63. The van der Waals surface area contributed by atoms with Crippen molar-refractivity contribution >= 4 is 15.7 Å². The van der Waals surface area contributed by atoms with E-state index >= 15 is 0 Å². The number of rotatable bonds is 5. The quantitative estimate of drug-likeness (QED) is 0.810. The Kier molecular flexibility index (Phi) is 4.97. The monoisotopic (exact) mass is 367 g/mol. The number of ether oxygens (including phenoxy) is 1. The molecule has 0 saturated carbocycles. The number of hydrogen-bond donors (Lipinski definition) is 1. The van der Waals surface area contributed by atoms with Gasteiger partial charge in [0.05, 0.1) is 10.5 Å². The van der Waals surface area contributed by atoms with Crippen LogP contribution in [0.25, 0.3) is 0 Å². The van der Waals surface area contributed by atoms with Crippen LogP contribution < -0.4 is 9.46 Å². The van der Waals surface area contributed by atoms with E-state index in [9.17, 15) is 30.4 Å². The largest absolute Gasteiger partial charge is 0.435 e. The number of benzene rings is 2. The molecule has 0 spiro atoms. The van der Waals surface area contributed by atoms with E-state index in [2.05, 4.69) is 9.46 Å². The second-order valence-corrected chi connectivity index (χ2v) is 6.22. The minimum atomic E-state index is -4.68. The van der Waals surface area contributed by atoms with Gasteiger partial charge < -0.3 is 4.74 Å². The van der Waals surface area contributed by atoms with E-state index in [1.54, 1.807) is 0 Å². The summed E-state index contributed by atoms with van der Waals surface area (Å²) in [6.45, 7) is -3.03. The second-order valence-electron chi connectivity index (χ2n) is 4.53. The summed E-state index contributed by atoms with van der Waals surface area (Å²) in [4.78, 5) is -0.578. The van der Waals surface area contributed by atoms with E-state index < -0.39 is 33.3 Å². The Morgan fingerprint density at radius 3 is 2.17 bits per heavy atom. The van der Waals surface area contributed by atoms with Crippen molar-refractivity contribution in [1.29, 1.82) is 0 Å². The molecule has 0 radical (unpaired) electrons. The molecule has 4 nitrogen and oxygen atoms in total. The lowest BCUT2D eigenvalue weighted by molar-refractivity contribution is -0.137. The predicted molar refractivity (Wildman–Crippen MR) is 75.3 cm³/mol. The van der Waals surface area contributed by atoms with Crippen LogP contribution in [-0.4, -0.2) is 15.0 Å². The van der Waals surface area contributed by atoms with Crippen LogP contribution in [0.5, 0.6) is 5.75 Å². The van der Waals surface area contributed by atoms with Crippen LogP contribution in [0.4, 0.5) is 27.6 Å². The van der Waals surface area contributed by atoms with Gasteiger partial charge in [-0.3, -0.25) is 4.72 Å². The molecule has 0 bridgehead atoms. The van der Waals surface area contributed by atoms with Crippen molar-refractivity contribution in [2.75, 3.05) is 4.72 Å². The van der Waals surface area contributed by atoms with Crippen molar-refractivity contribution in [3.8, 4) is 5.75 Å². The minimum Gasteiger partial charge on any atom is -0.435 e. The van der Waals surface area contributed by atoms with Crippen molar-refractivity contribution < 1.29 is 35.1 Å². The minimum absolute atomic E-state index is 0.0194. The highest BCUT2D eigenvalue weighted by Crippen LogP contribution is 2.31. The summed E-state index contributed by atoms with van der Waals surface area (Å²) < 4.78 is 92.4. The lowest BCUT2D eigenvalue weighted by Gasteiger charge is -2.11. The molecule has 130 valence electrons. The molecule has 0 unspecified atom stereocenters. The number of hydrogen-bond acceptors (Lipinski definition) is 3. The molecular weight excluding hydrogens is 357 g/mol. The molecule has 0 aliphatic rings. The average molecular weight is 367 g/mol. The standard InChI is InChI=1S/C14H10F5NO3S/c15-13(16)23-11-6-4-10(5-7-11)20-24(21,22)12-3-1-2-9(8-12)14(17,18)19/h1-8,13,20H. The van der Waals surface area contributed by atoms with E-state index in [4.69, 9.17) is 0 Å². The molecule has 2 rings (SSSR count). The SMILES string of the molecule is O=S(=O)(Nc1ccc(OC(F)F)cc1)c1cccc(C(F)(F)F)c1. The number of alkyl halides is 5. The Hall–Kier alpha value is -2.36. The molecule has 0 amide bonds. The molecule has 0 saturated heterocycles.